The van der Waals surface area contributed by atoms with Crippen molar-refractivity contribution in [2.24, 2.45) is 5.92 Å². The maximum atomic E-state index is 6.74. The number of hydrogen-bond donors (Lipinski definition) is 0. The number of hydrogen-bond acceptors (Lipinski definition) is 4. The van der Waals surface area contributed by atoms with Gasteiger partial charge in [-0.25, -0.2) is 0 Å². The third kappa shape index (κ3) is 14.5. The van der Waals surface area contributed by atoms with Crippen LogP contribution in [0.5, 0.6) is 0 Å². The molecule has 0 spiro atoms. The van der Waals surface area contributed by atoms with E-state index in [1.807, 2.05) is 0 Å². The molecule has 3 atom stereocenters. The molecule has 0 radical (unpaired) electrons. The van der Waals surface area contributed by atoms with Crippen molar-refractivity contribution in [2.45, 2.75) is 130 Å². The Morgan fingerprint density at radius 1 is 1.00 bits per heavy atom. The summed E-state index contributed by atoms with van der Waals surface area (Å²) in [4.78, 5) is 0. The molecule has 1 saturated heterocycles. The van der Waals surface area contributed by atoms with Crippen LogP contribution in [0.4, 0.5) is 0 Å². The average molecular weight is 555 g/mol. The van der Waals surface area contributed by atoms with Gasteiger partial charge < -0.3 is 18.0 Å². The van der Waals surface area contributed by atoms with Crippen LogP contribution >= 0.6 is 0 Å². The van der Waals surface area contributed by atoms with Gasteiger partial charge in [-0.05, 0) is 123 Å². The topological polar surface area (TPSA) is 36.9 Å². The predicted octanol–water partition coefficient (Wildman–Crippen LogP) is 9.06. The lowest BCUT2D eigenvalue weighted by atomic mass is 9.88. The van der Waals surface area contributed by atoms with Gasteiger partial charge in [0.1, 0.15) is 0 Å². The summed E-state index contributed by atoms with van der Waals surface area (Å²) < 4.78 is 26.0. The molecule has 36 heavy (non-hydrogen) atoms. The Hall–Kier alpha value is -0.449. The second-order valence-electron chi connectivity index (χ2n) is 14.0. The van der Waals surface area contributed by atoms with Crippen molar-refractivity contribution >= 4 is 25.0 Å². The van der Waals surface area contributed by atoms with Gasteiger partial charge in [-0.1, -0.05) is 24.6 Å². The molecule has 0 amide bonds. The minimum Gasteiger partial charge on any atom is -0.547 e. The molecule has 0 aromatic carbocycles. The van der Waals surface area contributed by atoms with E-state index in [9.17, 15) is 0 Å². The highest BCUT2D eigenvalue weighted by molar-refractivity contribution is 6.70. The van der Waals surface area contributed by atoms with Gasteiger partial charge in [0, 0.05) is 5.92 Å². The molecule has 0 N–H and O–H groups in total. The van der Waals surface area contributed by atoms with Gasteiger partial charge in [0.2, 0.25) is 8.32 Å². The van der Waals surface area contributed by atoms with Gasteiger partial charge in [-0.15, -0.1) is 0 Å². The number of rotatable bonds is 13. The molecular weight excluding hydrogens is 497 g/mol. The third-order valence-electron chi connectivity index (χ3n) is 6.18. The molecular formula is C29H58O4Si3. The zero-order chi connectivity index (χ0) is 27.8. The van der Waals surface area contributed by atoms with Gasteiger partial charge in [-0.3, -0.25) is 0 Å². The van der Waals surface area contributed by atoms with Gasteiger partial charge >= 0.3 is 0 Å². The van der Waals surface area contributed by atoms with Crippen LogP contribution in [-0.4, -0.2) is 49.9 Å². The minimum absolute atomic E-state index is 0.127. The van der Waals surface area contributed by atoms with E-state index in [0.29, 0.717) is 19.1 Å². The number of allylic oxidation sites excluding steroid dienone is 4. The Balaban J connectivity index is 2.94. The number of ether oxygens (including phenoxy) is 1. The SMILES string of the molecule is CC(C)=C/C=C(\O[Si](C)(C)C)C(C)CCCC1(C)OC/C(=C/CO[Si](C)(C)C)CC[C@H]1O[Si](C)(C)C. The van der Waals surface area contributed by atoms with Crippen LogP contribution < -0.4 is 0 Å². The van der Waals surface area contributed by atoms with Crippen molar-refractivity contribution in [2.75, 3.05) is 13.2 Å². The Labute approximate surface area is 227 Å². The molecule has 1 rings (SSSR count). The van der Waals surface area contributed by atoms with E-state index in [0.717, 1.165) is 37.9 Å². The Kier molecular flexibility index (Phi) is 13.1. The molecule has 2 unspecified atom stereocenters. The first-order chi connectivity index (χ1) is 16.3. The van der Waals surface area contributed by atoms with E-state index in [-0.39, 0.29) is 11.7 Å². The summed E-state index contributed by atoms with van der Waals surface area (Å²) in [5, 5.41) is 0. The van der Waals surface area contributed by atoms with Crippen LogP contribution in [0.2, 0.25) is 58.9 Å². The summed E-state index contributed by atoms with van der Waals surface area (Å²) in [7, 11) is -4.89. The fourth-order valence-electron chi connectivity index (χ4n) is 4.26. The molecule has 0 saturated carbocycles. The van der Waals surface area contributed by atoms with E-state index < -0.39 is 25.0 Å². The van der Waals surface area contributed by atoms with Gasteiger partial charge in [0.15, 0.2) is 16.6 Å². The molecule has 0 aromatic rings. The normalized spacial score (nSPS) is 24.4. The zero-order valence-electron chi connectivity index (χ0n) is 26.0. The van der Waals surface area contributed by atoms with Crippen LogP contribution in [0.25, 0.3) is 0 Å². The summed E-state index contributed by atoms with van der Waals surface area (Å²) in [5.74, 6) is 1.51. The molecule has 0 bridgehead atoms. The fourth-order valence-corrected chi connectivity index (χ4v) is 7.04. The molecule has 1 heterocycles. The monoisotopic (exact) mass is 554 g/mol. The first kappa shape index (κ1) is 33.6. The molecule has 210 valence electrons. The summed E-state index contributed by atoms with van der Waals surface area (Å²) in [5.41, 5.74) is 2.37. The zero-order valence-corrected chi connectivity index (χ0v) is 29.0. The van der Waals surface area contributed by atoms with Crippen LogP contribution in [0.3, 0.4) is 0 Å². The summed E-state index contributed by atoms with van der Waals surface area (Å²) in [6.45, 7) is 30.6. The Bertz CT molecular complexity index is 765. The second-order valence-corrected chi connectivity index (χ2v) is 27.4. The first-order valence-electron chi connectivity index (χ1n) is 14.0. The van der Waals surface area contributed by atoms with Crippen molar-refractivity contribution < 1.29 is 18.0 Å². The van der Waals surface area contributed by atoms with Gasteiger partial charge in [-0.2, -0.15) is 0 Å². The molecule has 1 aliphatic rings. The van der Waals surface area contributed by atoms with Crippen molar-refractivity contribution in [3.63, 3.8) is 0 Å². The van der Waals surface area contributed by atoms with Crippen LogP contribution in [0.1, 0.15) is 59.8 Å². The van der Waals surface area contributed by atoms with E-state index >= 15 is 0 Å². The van der Waals surface area contributed by atoms with Crippen LogP contribution in [0.15, 0.2) is 35.1 Å². The van der Waals surface area contributed by atoms with E-state index in [2.05, 4.69) is 105 Å². The second kappa shape index (κ2) is 14.1. The maximum absolute atomic E-state index is 6.74. The third-order valence-corrected chi connectivity index (χ3v) is 9.05. The molecule has 4 nitrogen and oxygen atoms in total. The van der Waals surface area contributed by atoms with Gasteiger partial charge in [0.25, 0.3) is 0 Å². The summed E-state index contributed by atoms with van der Waals surface area (Å²) in [6.07, 6.45) is 12.0. The minimum atomic E-state index is -1.70. The summed E-state index contributed by atoms with van der Waals surface area (Å²) >= 11 is 0. The molecule has 1 aliphatic heterocycles. The quantitative estimate of drug-likeness (QED) is 0.0984. The Morgan fingerprint density at radius 3 is 2.17 bits per heavy atom. The largest absolute Gasteiger partial charge is 0.547 e. The molecule has 0 aromatic heterocycles. The fraction of sp³-hybridized carbons (Fsp3) is 0.793. The van der Waals surface area contributed by atoms with E-state index in [4.69, 9.17) is 18.0 Å². The predicted molar refractivity (Wildman–Crippen MR) is 164 cm³/mol. The lowest BCUT2D eigenvalue weighted by molar-refractivity contribution is -0.0975. The van der Waals surface area contributed by atoms with Crippen molar-refractivity contribution in [1.82, 2.24) is 0 Å². The van der Waals surface area contributed by atoms with Crippen LogP contribution in [0, 0.1) is 5.92 Å². The van der Waals surface area contributed by atoms with Crippen LogP contribution in [-0.2, 0) is 18.0 Å². The highest BCUT2D eigenvalue weighted by atomic mass is 28.4. The van der Waals surface area contributed by atoms with Crippen molar-refractivity contribution in [1.29, 1.82) is 0 Å². The average Bonchev–Trinajstić information content (AvgIpc) is 2.82. The highest BCUT2D eigenvalue weighted by Gasteiger charge is 2.40. The highest BCUT2D eigenvalue weighted by Crippen LogP contribution is 2.36. The molecule has 7 heteroatoms. The first-order valence-corrected chi connectivity index (χ1v) is 24.2. The smallest absolute Gasteiger partial charge is 0.241 e. The standard InChI is InChI=1S/C29H58O4Si3/c1-24(2)16-18-27(32-35(8,9)10)25(3)15-14-21-29(4)28(33-36(11,12)13)19-17-26(23-30-29)20-22-31-34(5,6)7/h16,18,20,25,28H,14-15,17,19,21-23H2,1-13H3/b26-20+,27-18-/t25?,28-,29?/m1/s1. The lowest BCUT2D eigenvalue weighted by Gasteiger charge is -2.39. The maximum Gasteiger partial charge on any atom is 0.241 e. The summed E-state index contributed by atoms with van der Waals surface area (Å²) in [6, 6.07) is 0. The lowest BCUT2D eigenvalue weighted by Crippen LogP contribution is -2.47. The molecule has 1 fully saturated rings. The van der Waals surface area contributed by atoms with Crippen molar-refractivity contribution in [3.05, 3.63) is 35.1 Å². The van der Waals surface area contributed by atoms with E-state index in [1.165, 1.54) is 11.1 Å². The van der Waals surface area contributed by atoms with Crippen molar-refractivity contribution in [3.8, 4) is 0 Å². The Morgan fingerprint density at radius 2 is 1.64 bits per heavy atom. The van der Waals surface area contributed by atoms with E-state index in [1.54, 1.807) is 0 Å². The van der Waals surface area contributed by atoms with Gasteiger partial charge in [0.05, 0.1) is 30.7 Å². The molecule has 0 aliphatic carbocycles.